The summed E-state index contributed by atoms with van der Waals surface area (Å²) >= 11 is 5.73. The summed E-state index contributed by atoms with van der Waals surface area (Å²) in [6, 6.07) is 6.44. The molecule has 0 aromatic heterocycles. The van der Waals surface area contributed by atoms with Crippen LogP contribution in [-0.2, 0) is 9.47 Å². The van der Waals surface area contributed by atoms with Crippen LogP contribution in [0, 0.1) is 0 Å². The second-order valence-electron chi connectivity index (χ2n) is 4.41. The average Bonchev–Trinajstić information content (AvgIpc) is 2.44. The number of alkyl halides is 1. The van der Waals surface area contributed by atoms with Gasteiger partial charge in [0.2, 0.25) is 0 Å². The van der Waals surface area contributed by atoms with Crippen molar-refractivity contribution in [3.05, 3.63) is 35.4 Å². The molecule has 5 heteroatoms. The summed E-state index contributed by atoms with van der Waals surface area (Å²) in [4.78, 5) is 23.8. The molecular formula is C15H19ClO4. The number of ether oxygens (including phenoxy) is 2. The summed E-state index contributed by atoms with van der Waals surface area (Å²) in [5.41, 5.74) is 0.419. The fourth-order valence-corrected chi connectivity index (χ4v) is 1.56. The molecule has 110 valence electrons. The molecule has 1 atom stereocenters. The van der Waals surface area contributed by atoms with Gasteiger partial charge in [0, 0.05) is 0 Å². The van der Waals surface area contributed by atoms with Crippen LogP contribution in [0.2, 0.25) is 0 Å². The van der Waals surface area contributed by atoms with Crippen molar-refractivity contribution in [2.75, 3.05) is 13.2 Å². The second-order valence-corrected chi connectivity index (χ2v) is 5.16. The molecule has 0 N–H and O–H groups in total. The minimum Gasteiger partial charge on any atom is -0.462 e. The van der Waals surface area contributed by atoms with Crippen LogP contribution in [0.4, 0.5) is 0 Å². The summed E-state index contributed by atoms with van der Waals surface area (Å²) in [5.74, 6) is -1.08. The van der Waals surface area contributed by atoms with Gasteiger partial charge in [-0.05, 0) is 25.5 Å². The van der Waals surface area contributed by atoms with E-state index in [1.807, 2.05) is 6.92 Å². The summed E-state index contributed by atoms with van der Waals surface area (Å²) in [7, 11) is 0. The van der Waals surface area contributed by atoms with Gasteiger partial charge in [0.25, 0.3) is 0 Å². The highest BCUT2D eigenvalue weighted by Gasteiger charge is 2.19. The summed E-state index contributed by atoms with van der Waals surface area (Å²) in [5, 5.41) is -0.275. The van der Waals surface area contributed by atoms with Gasteiger partial charge in [-0.15, -0.1) is 11.6 Å². The molecule has 1 aromatic carbocycles. The topological polar surface area (TPSA) is 52.6 Å². The second kappa shape index (κ2) is 8.59. The van der Waals surface area contributed by atoms with Crippen molar-refractivity contribution < 1.29 is 19.1 Å². The molecule has 0 spiro atoms. The Balaban J connectivity index is 2.76. The van der Waals surface area contributed by atoms with Crippen LogP contribution < -0.4 is 0 Å². The van der Waals surface area contributed by atoms with E-state index in [2.05, 4.69) is 0 Å². The maximum atomic E-state index is 11.9. The molecule has 0 radical (unpaired) electrons. The van der Waals surface area contributed by atoms with Crippen molar-refractivity contribution in [2.45, 2.75) is 32.1 Å². The monoisotopic (exact) mass is 298 g/mol. The van der Waals surface area contributed by atoms with Gasteiger partial charge < -0.3 is 9.47 Å². The lowest BCUT2D eigenvalue weighted by Gasteiger charge is -2.10. The van der Waals surface area contributed by atoms with Crippen LogP contribution in [0.5, 0.6) is 0 Å². The third-order valence-electron chi connectivity index (χ3n) is 2.54. The lowest BCUT2D eigenvalue weighted by Crippen LogP contribution is -2.16. The Morgan fingerprint density at radius 1 is 1.15 bits per heavy atom. The lowest BCUT2D eigenvalue weighted by atomic mass is 10.1. The summed E-state index contributed by atoms with van der Waals surface area (Å²) in [6.07, 6.45) is 1.73. The Hall–Kier alpha value is -1.55. The lowest BCUT2D eigenvalue weighted by molar-refractivity contribution is 0.0456. The van der Waals surface area contributed by atoms with E-state index in [1.165, 1.54) is 6.07 Å². The molecule has 0 aliphatic rings. The average molecular weight is 299 g/mol. The fraction of sp³-hybridized carbons (Fsp3) is 0.467. The molecule has 1 rings (SSSR count). The first-order chi connectivity index (χ1) is 9.56. The zero-order valence-electron chi connectivity index (χ0n) is 11.7. The normalized spacial score (nSPS) is 11.8. The Kier molecular flexibility index (Phi) is 7.09. The van der Waals surface area contributed by atoms with E-state index in [0.717, 1.165) is 12.8 Å². The molecule has 1 unspecified atom stereocenters. The van der Waals surface area contributed by atoms with E-state index in [9.17, 15) is 9.59 Å². The Morgan fingerprint density at radius 2 is 1.70 bits per heavy atom. The van der Waals surface area contributed by atoms with Crippen molar-refractivity contribution in [1.29, 1.82) is 0 Å². The molecule has 1 aromatic rings. The Morgan fingerprint density at radius 3 is 2.20 bits per heavy atom. The van der Waals surface area contributed by atoms with Crippen LogP contribution in [0.25, 0.3) is 0 Å². The van der Waals surface area contributed by atoms with E-state index in [1.54, 1.807) is 25.1 Å². The molecule has 4 nitrogen and oxygen atoms in total. The third kappa shape index (κ3) is 5.21. The minimum atomic E-state index is -0.569. The SMILES string of the molecule is CCCCOC(=O)c1ccccc1C(=O)OCC(C)Cl. The standard InChI is InChI=1S/C15H19ClO4/c1-3-4-9-19-14(17)12-7-5-6-8-13(12)15(18)20-10-11(2)16/h5-8,11H,3-4,9-10H2,1-2H3. The number of benzene rings is 1. The molecule has 0 fully saturated rings. The maximum absolute atomic E-state index is 11.9. The molecule has 0 saturated carbocycles. The van der Waals surface area contributed by atoms with Crippen LogP contribution in [-0.4, -0.2) is 30.5 Å². The van der Waals surface area contributed by atoms with E-state index in [0.29, 0.717) is 6.61 Å². The van der Waals surface area contributed by atoms with Gasteiger partial charge in [0.05, 0.1) is 23.1 Å². The molecular weight excluding hydrogens is 280 g/mol. The molecule has 0 aliphatic heterocycles. The van der Waals surface area contributed by atoms with E-state index < -0.39 is 11.9 Å². The first-order valence-corrected chi connectivity index (χ1v) is 7.07. The highest BCUT2D eigenvalue weighted by atomic mass is 35.5. The quantitative estimate of drug-likeness (QED) is 0.440. The molecule has 0 amide bonds. The van der Waals surface area contributed by atoms with Gasteiger partial charge in [-0.3, -0.25) is 0 Å². The highest BCUT2D eigenvalue weighted by molar-refractivity contribution is 6.20. The zero-order valence-corrected chi connectivity index (χ0v) is 12.5. The number of halogens is 1. The largest absolute Gasteiger partial charge is 0.462 e. The van der Waals surface area contributed by atoms with Gasteiger partial charge in [-0.25, -0.2) is 9.59 Å². The predicted molar refractivity (Wildman–Crippen MR) is 77.2 cm³/mol. The number of rotatable bonds is 7. The highest BCUT2D eigenvalue weighted by Crippen LogP contribution is 2.13. The van der Waals surface area contributed by atoms with Crippen LogP contribution >= 0.6 is 11.6 Å². The van der Waals surface area contributed by atoms with Crippen molar-refractivity contribution in [1.82, 2.24) is 0 Å². The fourth-order valence-electron chi connectivity index (χ4n) is 1.49. The predicted octanol–water partition coefficient (Wildman–Crippen LogP) is 3.43. The van der Waals surface area contributed by atoms with Gasteiger partial charge in [0.15, 0.2) is 0 Å². The maximum Gasteiger partial charge on any atom is 0.339 e. The van der Waals surface area contributed by atoms with Crippen LogP contribution in [0.1, 0.15) is 47.4 Å². The van der Waals surface area contributed by atoms with Gasteiger partial charge >= 0.3 is 11.9 Å². The Labute approximate surface area is 124 Å². The van der Waals surface area contributed by atoms with Crippen molar-refractivity contribution in [3.8, 4) is 0 Å². The Bertz CT molecular complexity index is 457. The first-order valence-electron chi connectivity index (χ1n) is 6.63. The van der Waals surface area contributed by atoms with Crippen molar-refractivity contribution in [2.24, 2.45) is 0 Å². The van der Waals surface area contributed by atoms with Gasteiger partial charge in [-0.1, -0.05) is 25.5 Å². The zero-order chi connectivity index (χ0) is 15.0. The molecule has 20 heavy (non-hydrogen) atoms. The van der Waals surface area contributed by atoms with Gasteiger partial charge in [0.1, 0.15) is 6.61 Å². The van der Waals surface area contributed by atoms with Crippen molar-refractivity contribution >= 4 is 23.5 Å². The number of hydrogen-bond acceptors (Lipinski definition) is 4. The van der Waals surface area contributed by atoms with Crippen LogP contribution in [0.3, 0.4) is 0 Å². The summed E-state index contributed by atoms with van der Waals surface area (Å²) < 4.78 is 10.1. The minimum absolute atomic E-state index is 0.0968. The number of unbranched alkanes of at least 4 members (excludes halogenated alkanes) is 1. The number of esters is 2. The first kappa shape index (κ1) is 16.5. The van der Waals surface area contributed by atoms with Crippen LogP contribution in [0.15, 0.2) is 24.3 Å². The summed E-state index contributed by atoms with van der Waals surface area (Å²) in [6.45, 7) is 4.17. The van der Waals surface area contributed by atoms with Crippen molar-refractivity contribution in [3.63, 3.8) is 0 Å². The molecule has 0 heterocycles. The third-order valence-corrected chi connectivity index (χ3v) is 2.67. The van der Waals surface area contributed by atoms with E-state index >= 15 is 0 Å². The smallest absolute Gasteiger partial charge is 0.339 e. The van der Waals surface area contributed by atoms with E-state index in [-0.39, 0.29) is 23.1 Å². The van der Waals surface area contributed by atoms with E-state index in [4.69, 9.17) is 21.1 Å². The number of hydrogen-bond donors (Lipinski definition) is 0. The molecule has 0 aliphatic carbocycles. The number of carbonyl (C=O) groups excluding carboxylic acids is 2. The molecule has 0 saturated heterocycles. The van der Waals surface area contributed by atoms with Gasteiger partial charge in [-0.2, -0.15) is 0 Å². The number of carbonyl (C=O) groups is 2. The molecule has 0 bridgehead atoms.